The molecule has 0 radical (unpaired) electrons. The van der Waals surface area contributed by atoms with Crippen molar-refractivity contribution in [1.82, 2.24) is 14.5 Å². The first kappa shape index (κ1) is 14.7. The summed E-state index contributed by atoms with van der Waals surface area (Å²) in [6.45, 7) is 4.97. The van der Waals surface area contributed by atoms with E-state index in [1.807, 2.05) is 36.7 Å². The van der Waals surface area contributed by atoms with Crippen LogP contribution in [0.5, 0.6) is 0 Å². The first-order chi connectivity index (χ1) is 8.60. The Labute approximate surface area is 109 Å². The van der Waals surface area contributed by atoms with E-state index in [2.05, 4.69) is 11.9 Å². The molecule has 0 bridgehead atoms. The summed E-state index contributed by atoms with van der Waals surface area (Å²) in [6.07, 6.45) is 5.43. The van der Waals surface area contributed by atoms with Gasteiger partial charge in [0.15, 0.2) is 0 Å². The lowest BCUT2D eigenvalue weighted by Crippen LogP contribution is -2.39. The highest BCUT2D eigenvalue weighted by Gasteiger charge is 2.24. The number of esters is 1. The molecule has 5 heteroatoms. The van der Waals surface area contributed by atoms with Crippen LogP contribution in [0.3, 0.4) is 0 Å². The zero-order valence-electron chi connectivity index (χ0n) is 11.7. The maximum Gasteiger partial charge on any atom is 0.323 e. The van der Waals surface area contributed by atoms with Gasteiger partial charge in [0.1, 0.15) is 11.9 Å². The van der Waals surface area contributed by atoms with Gasteiger partial charge in [-0.1, -0.05) is 13.3 Å². The fourth-order valence-corrected chi connectivity index (χ4v) is 1.91. The molecule has 0 saturated carbocycles. The smallest absolute Gasteiger partial charge is 0.323 e. The standard InChI is InChI=1S/C13H23N3O2/c1-5-7-11(13(17)18-6-2)16(4)10-12-14-8-9-15(12)3/h8-9,11H,5-7,10H2,1-4H3. The summed E-state index contributed by atoms with van der Waals surface area (Å²) < 4.78 is 7.08. The first-order valence-electron chi connectivity index (χ1n) is 6.43. The van der Waals surface area contributed by atoms with Gasteiger partial charge in [-0.05, 0) is 20.4 Å². The molecule has 1 unspecified atom stereocenters. The summed E-state index contributed by atoms with van der Waals surface area (Å²) in [5.74, 6) is 0.805. The fourth-order valence-electron chi connectivity index (χ4n) is 1.91. The van der Waals surface area contributed by atoms with Gasteiger partial charge in [0.25, 0.3) is 0 Å². The molecule has 102 valence electrons. The van der Waals surface area contributed by atoms with E-state index in [9.17, 15) is 4.79 Å². The van der Waals surface area contributed by atoms with Crippen LogP contribution in [0, 0.1) is 0 Å². The van der Waals surface area contributed by atoms with Crippen LogP contribution in [-0.4, -0.2) is 40.1 Å². The maximum atomic E-state index is 11.9. The average Bonchev–Trinajstić information content (AvgIpc) is 2.72. The highest BCUT2D eigenvalue weighted by Crippen LogP contribution is 2.11. The van der Waals surface area contributed by atoms with E-state index in [0.29, 0.717) is 13.2 Å². The molecule has 18 heavy (non-hydrogen) atoms. The minimum Gasteiger partial charge on any atom is -0.465 e. The lowest BCUT2D eigenvalue weighted by Gasteiger charge is -2.25. The predicted octanol–water partition coefficient (Wildman–Crippen LogP) is 1.58. The second kappa shape index (κ2) is 7.16. The number of carbonyl (C=O) groups excluding carboxylic acids is 1. The summed E-state index contributed by atoms with van der Waals surface area (Å²) >= 11 is 0. The second-order valence-electron chi connectivity index (χ2n) is 4.43. The van der Waals surface area contributed by atoms with Gasteiger partial charge in [-0.25, -0.2) is 4.98 Å². The SMILES string of the molecule is CCCC(C(=O)OCC)N(C)Cc1nccn1C. The van der Waals surface area contributed by atoms with Crippen LogP contribution in [0.4, 0.5) is 0 Å². The van der Waals surface area contributed by atoms with Crippen molar-refractivity contribution in [2.45, 2.75) is 39.3 Å². The lowest BCUT2D eigenvalue weighted by atomic mass is 10.1. The number of aromatic nitrogens is 2. The van der Waals surface area contributed by atoms with Crippen molar-refractivity contribution in [3.05, 3.63) is 18.2 Å². The monoisotopic (exact) mass is 253 g/mol. The number of rotatable bonds is 7. The number of carbonyl (C=O) groups is 1. The molecule has 1 atom stereocenters. The Hall–Kier alpha value is -1.36. The molecule has 0 amide bonds. The van der Waals surface area contributed by atoms with Gasteiger partial charge in [-0.15, -0.1) is 0 Å². The third-order valence-electron chi connectivity index (χ3n) is 2.96. The third kappa shape index (κ3) is 3.84. The lowest BCUT2D eigenvalue weighted by molar-refractivity contribution is -0.149. The van der Waals surface area contributed by atoms with Crippen LogP contribution in [-0.2, 0) is 23.1 Å². The van der Waals surface area contributed by atoms with Crippen LogP contribution < -0.4 is 0 Å². The molecule has 1 aromatic rings. The Morgan fingerprint density at radius 1 is 1.56 bits per heavy atom. The third-order valence-corrected chi connectivity index (χ3v) is 2.96. The van der Waals surface area contributed by atoms with Crippen molar-refractivity contribution < 1.29 is 9.53 Å². The molecule has 1 heterocycles. The fraction of sp³-hybridized carbons (Fsp3) is 0.692. The average molecular weight is 253 g/mol. The molecule has 0 fully saturated rings. The van der Waals surface area contributed by atoms with Gasteiger partial charge >= 0.3 is 5.97 Å². The van der Waals surface area contributed by atoms with Crippen LogP contribution in [0.1, 0.15) is 32.5 Å². The molecule has 5 nitrogen and oxygen atoms in total. The van der Waals surface area contributed by atoms with Crippen molar-refractivity contribution in [3.8, 4) is 0 Å². The van der Waals surface area contributed by atoms with E-state index in [1.165, 1.54) is 0 Å². The Kier molecular flexibility index (Phi) is 5.85. The van der Waals surface area contributed by atoms with E-state index in [1.54, 1.807) is 6.20 Å². The number of aryl methyl sites for hydroxylation is 1. The van der Waals surface area contributed by atoms with E-state index in [-0.39, 0.29) is 12.0 Å². The van der Waals surface area contributed by atoms with Crippen LogP contribution >= 0.6 is 0 Å². The van der Waals surface area contributed by atoms with E-state index >= 15 is 0 Å². The zero-order valence-corrected chi connectivity index (χ0v) is 11.7. The molecular formula is C13H23N3O2. The van der Waals surface area contributed by atoms with Crippen molar-refractivity contribution in [2.24, 2.45) is 7.05 Å². The molecule has 0 aliphatic carbocycles. The van der Waals surface area contributed by atoms with Crippen molar-refractivity contribution in [1.29, 1.82) is 0 Å². The number of ether oxygens (including phenoxy) is 1. The molecule has 0 aliphatic rings. The van der Waals surface area contributed by atoms with Gasteiger partial charge in [-0.3, -0.25) is 9.69 Å². The maximum absolute atomic E-state index is 11.9. The van der Waals surface area contributed by atoms with Crippen LogP contribution in [0.25, 0.3) is 0 Å². The summed E-state index contributed by atoms with van der Waals surface area (Å²) in [5, 5.41) is 0. The van der Waals surface area contributed by atoms with Gasteiger partial charge in [0, 0.05) is 19.4 Å². The highest BCUT2D eigenvalue weighted by molar-refractivity contribution is 5.75. The van der Waals surface area contributed by atoms with Crippen LogP contribution in [0.2, 0.25) is 0 Å². The number of imidazole rings is 1. The summed E-state index contributed by atoms with van der Waals surface area (Å²) in [5.41, 5.74) is 0. The van der Waals surface area contributed by atoms with Crippen molar-refractivity contribution >= 4 is 5.97 Å². The topological polar surface area (TPSA) is 47.4 Å². The largest absolute Gasteiger partial charge is 0.465 e. The number of hydrogen-bond donors (Lipinski definition) is 0. The predicted molar refractivity (Wildman–Crippen MR) is 70.0 cm³/mol. The van der Waals surface area contributed by atoms with Crippen LogP contribution in [0.15, 0.2) is 12.4 Å². The van der Waals surface area contributed by atoms with Gasteiger partial charge in [-0.2, -0.15) is 0 Å². The molecule has 1 aromatic heterocycles. The highest BCUT2D eigenvalue weighted by atomic mass is 16.5. The Bertz CT molecular complexity index is 376. The summed E-state index contributed by atoms with van der Waals surface area (Å²) in [7, 11) is 3.89. The minimum absolute atomic E-state index is 0.143. The molecular weight excluding hydrogens is 230 g/mol. The molecule has 0 spiro atoms. The van der Waals surface area contributed by atoms with Gasteiger partial charge in [0.2, 0.25) is 0 Å². The van der Waals surface area contributed by atoms with E-state index < -0.39 is 0 Å². The zero-order chi connectivity index (χ0) is 13.5. The Morgan fingerprint density at radius 3 is 2.78 bits per heavy atom. The summed E-state index contributed by atoms with van der Waals surface area (Å²) in [4.78, 5) is 18.2. The Balaban J connectivity index is 2.67. The minimum atomic E-state index is -0.188. The Morgan fingerprint density at radius 2 is 2.28 bits per heavy atom. The van der Waals surface area contributed by atoms with E-state index in [4.69, 9.17) is 4.74 Å². The van der Waals surface area contributed by atoms with Gasteiger partial charge < -0.3 is 9.30 Å². The van der Waals surface area contributed by atoms with E-state index in [0.717, 1.165) is 18.7 Å². The normalized spacial score (nSPS) is 12.7. The number of nitrogens with zero attached hydrogens (tertiary/aromatic N) is 3. The quantitative estimate of drug-likeness (QED) is 0.692. The van der Waals surface area contributed by atoms with Crippen molar-refractivity contribution in [2.75, 3.05) is 13.7 Å². The summed E-state index contributed by atoms with van der Waals surface area (Å²) in [6, 6.07) is -0.188. The number of likely N-dealkylation sites (N-methyl/N-ethyl adjacent to an activating group) is 1. The van der Waals surface area contributed by atoms with Gasteiger partial charge in [0.05, 0.1) is 13.2 Å². The molecule has 0 saturated heterocycles. The molecule has 0 aliphatic heterocycles. The first-order valence-corrected chi connectivity index (χ1v) is 6.43. The second-order valence-corrected chi connectivity index (χ2v) is 4.43. The molecule has 1 rings (SSSR count). The molecule has 0 aromatic carbocycles. The number of hydrogen-bond acceptors (Lipinski definition) is 4. The molecule has 0 N–H and O–H groups in total. The van der Waals surface area contributed by atoms with Crippen molar-refractivity contribution in [3.63, 3.8) is 0 Å².